The van der Waals surface area contributed by atoms with Gasteiger partial charge in [-0.25, -0.2) is 4.39 Å². The predicted octanol–water partition coefficient (Wildman–Crippen LogP) is 0.544. The van der Waals surface area contributed by atoms with Gasteiger partial charge in [-0.05, 0) is 19.1 Å². The Hall–Kier alpha value is -2.26. The van der Waals surface area contributed by atoms with E-state index >= 15 is 0 Å². The number of hydrogen-bond donors (Lipinski definition) is 1. The first-order valence-corrected chi connectivity index (χ1v) is 5.77. The zero-order chi connectivity index (χ0) is 14.0. The summed E-state index contributed by atoms with van der Waals surface area (Å²) >= 11 is 0. The fraction of sp³-hybridized carbons (Fsp3) is 0.308. The van der Waals surface area contributed by atoms with Crippen LogP contribution < -0.4 is 5.32 Å². The average Bonchev–Trinajstić information content (AvgIpc) is 2.37. The summed E-state index contributed by atoms with van der Waals surface area (Å²) < 4.78 is 13.8. The molecule has 0 aromatic heterocycles. The third kappa shape index (κ3) is 2.77. The number of halogens is 1. The fourth-order valence-corrected chi connectivity index (χ4v) is 1.93. The number of hydrogen-bond acceptors (Lipinski definition) is 4. The Bertz CT molecular complexity index is 580. The molecule has 1 atom stereocenters. The molecule has 1 aromatic rings. The minimum atomic E-state index is -0.510. The molecule has 19 heavy (non-hydrogen) atoms. The number of rotatable bonds is 2. The van der Waals surface area contributed by atoms with Crippen molar-refractivity contribution in [1.82, 2.24) is 10.2 Å². The monoisotopic (exact) mass is 261 g/mol. The van der Waals surface area contributed by atoms with E-state index in [-0.39, 0.29) is 24.6 Å². The summed E-state index contributed by atoms with van der Waals surface area (Å²) in [5.41, 5.74) is 0.593. The van der Waals surface area contributed by atoms with Gasteiger partial charge in [-0.1, -0.05) is 6.07 Å². The Morgan fingerprint density at radius 1 is 1.53 bits per heavy atom. The van der Waals surface area contributed by atoms with Crippen LogP contribution in [0.5, 0.6) is 0 Å². The molecule has 5 nitrogen and oxygen atoms in total. The van der Waals surface area contributed by atoms with E-state index in [4.69, 9.17) is 5.26 Å². The number of nitriles is 1. The second-order valence-corrected chi connectivity index (χ2v) is 4.41. The Morgan fingerprint density at radius 2 is 2.26 bits per heavy atom. The van der Waals surface area contributed by atoms with E-state index in [0.717, 1.165) is 6.07 Å². The lowest BCUT2D eigenvalue weighted by molar-refractivity contribution is -0.139. The van der Waals surface area contributed by atoms with Gasteiger partial charge in [0.2, 0.25) is 11.8 Å². The van der Waals surface area contributed by atoms with Crippen molar-refractivity contribution in [2.75, 3.05) is 6.54 Å². The number of amides is 2. The van der Waals surface area contributed by atoms with Gasteiger partial charge in [0.1, 0.15) is 5.82 Å². The fourth-order valence-electron chi connectivity index (χ4n) is 1.93. The van der Waals surface area contributed by atoms with Gasteiger partial charge in [0.15, 0.2) is 0 Å². The Morgan fingerprint density at radius 3 is 2.89 bits per heavy atom. The first-order valence-electron chi connectivity index (χ1n) is 5.77. The van der Waals surface area contributed by atoms with Crippen LogP contribution in [0.1, 0.15) is 18.1 Å². The van der Waals surface area contributed by atoms with Crippen molar-refractivity contribution in [1.29, 1.82) is 5.26 Å². The number of nitrogens with zero attached hydrogens (tertiary/aromatic N) is 2. The van der Waals surface area contributed by atoms with Crippen LogP contribution in [-0.2, 0) is 16.1 Å². The summed E-state index contributed by atoms with van der Waals surface area (Å²) in [6.45, 7) is 1.85. The van der Waals surface area contributed by atoms with Gasteiger partial charge >= 0.3 is 0 Å². The molecular weight excluding hydrogens is 249 g/mol. The summed E-state index contributed by atoms with van der Waals surface area (Å²) in [5, 5.41) is 10.9. The molecule has 0 radical (unpaired) electrons. The van der Waals surface area contributed by atoms with E-state index in [2.05, 4.69) is 5.32 Å². The van der Waals surface area contributed by atoms with Gasteiger partial charge in [0.25, 0.3) is 0 Å². The highest BCUT2D eigenvalue weighted by molar-refractivity contribution is 6.00. The molecule has 0 saturated carbocycles. The molecule has 0 spiro atoms. The Balaban J connectivity index is 2.19. The maximum atomic E-state index is 13.8. The van der Waals surface area contributed by atoms with E-state index < -0.39 is 17.8 Å². The molecule has 1 aliphatic heterocycles. The molecular formula is C13H12FN3O2. The van der Waals surface area contributed by atoms with Crippen molar-refractivity contribution in [2.45, 2.75) is 19.5 Å². The second-order valence-electron chi connectivity index (χ2n) is 4.41. The molecule has 1 N–H and O–H groups in total. The van der Waals surface area contributed by atoms with E-state index in [9.17, 15) is 14.0 Å². The van der Waals surface area contributed by atoms with Crippen molar-refractivity contribution < 1.29 is 14.0 Å². The zero-order valence-electron chi connectivity index (χ0n) is 10.3. The standard InChI is InChI=1S/C13H12FN3O2/c1-8-13(19)16-12(18)7-17(8)6-10-3-2-9(5-15)4-11(10)14/h2-4,8H,6-7H2,1H3,(H,16,18,19). The van der Waals surface area contributed by atoms with Crippen molar-refractivity contribution in [3.8, 4) is 6.07 Å². The van der Waals surface area contributed by atoms with Gasteiger partial charge in [-0.15, -0.1) is 0 Å². The lowest BCUT2D eigenvalue weighted by atomic mass is 10.1. The van der Waals surface area contributed by atoms with Crippen LogP contribution in [0.4, 0.5) is 4.39 Å². The first-order chi connectivity index (χ1) is 9.01. The highest BCUT2D eigenvalue weighted by atomic mass is 19.1. The van der Waals surface area contributed by atoms with Crippen LogP contribution in [0.2, 0.25) is 0 Å². The minimum Gasteiger partial charge on any atom is -0.294 e. The lowest BCUT2D eigenvalue weighted by Gasteiger charge is -2.31. The molecule has 0 aliphatic carbocycles. The Labute approximate surface area is 109 Å². The number of benzene rings is 1. The summed E-state index contributed by atoms with van der Waals surface area (Å²) in [6.07, 6.45) is 0. The Kier molecular flexibility index (Phi) is 3.58. The van der Waals surface area contributed by atoms with E-state index in [1.54, 1.807) is 11.8 Å². The number of imide groups is 1. The van der Waals surface area contributed by atoms with Gasteiger partial charge in [-0.3, -0.25) is 19.8 Å². The van der Waals surface area contributed by atoms with Crippen LogP contribution in [0.25, 0.3) is 0 Å². The van der Waals surface area contributed by atoms with Crippen LogP contribution in [0, 0.1) is 17.1 Å². The summed E-state index contributed by atoms with van der Waals surface area (Å²) in [4.78, 5) is 24.4. The lowest BCUT2D eigenvalue weighted by Crippen LogP contribution is -2.56. The molecule has 6 heteroatoms. The topological polar surface area (TPSA) is 73.2 Å². The van der Waals surface area contributed by atoms with E-state index in [1.807, 2.05) is 6.07 Å². The van der Waals surface area contributed by atoms with Crippen molar-refractivity contribution in [2.24, 2.45) is 0 Å². The molecule has 1 aromatic carbocycles. The normalized spacial score (nSPS) is 19.9. The second kappa shape index (κ2) is 5.16. The zero-order valence-corrected chi connectivity index (χ0v) is 10.3. The van der Waals surface area contributed by atoms with Gasteiger partial charge < -0.3 is 0 Å². The highest BCUT2D eigenvalue weighted by Gasteiger charge is 2.30. The SMILES string of the molecule is CC1C(=O)NC(=O)CN1Cc1ccc(C#N)cc1F. The predicted molar refractivity (Wildman–Crippen MR) is 64.1 cm³/mol. The van der Waals surface area contributed by atoms with Crippen molar-refractivity contribution in [3.05, 3.63) is 35.1 Å². The van der Waals surface area contributed by atoms with Crippen molar-refractivity contribution >= 4 is 11.8 Å². The van der Waals surface area contributed by atoms with Crippen LogP contribution >= 0.6 is 0 Å². The average molecular weight is 261 g/mol. The molecule has 2 rings (SSSR count). The van der Waals surface area contributed by atoms with Crippen LogP contribution in [-0.4, -0.2) is 29.3 Å². The summed E-state index contributed by atoms with van der Waals surface area (Å²) in [6, 6.07) is 5.51. The largest absolute Gasteiger partial charge is 0.294 e. The number of carbonyl (C=O) groups is 2. The maximum absolute atomic E-state index is 13.8. The molecule has 98 valence electrons. The van der Waals surface area contributed by atoms with Gasteiger partial charge in [0.05, 0.1) is 24.2 Å². The number of carbonyl (C=O) groups excluding carboxylic acids is 2. The third-order valence-electron chi connectivity index (χ3n) is 3.09. The minimum absolute atomic E-state index is 0.0480. The molecule has 1 unspecified atom stereocenters. The van der Waals surface area contributed by atoms with E-state index in [1.165, 1.54) is 12.1 Å². The molecule has 2 amide bonds. The van der Waals surface area contributed by atoms with Crippen molar-refractivity contribution in [3.63, 3.8) is 0 Å². The molecule has 0 bridgehead atoms. The van der Waals surface area contributed by atoms with Crippen LogP contribution in [0.3, 0.4) is 0 Å². The van der Waals surface area contributed by atoms with Gasteiger partial charge in [0, 0.05) is 12.1 Å². The summed E-state index contributed by atoms with van der Waals surface area (Å²) in [5.74, 6) is -1.29. The van der Waals surface area contributed by atoms with Crippen LogP contribution in [0.15, 0.2) is 18.2 Å². The maximum Gasteiger partial charge on any atom is 0.243 e. The molecule has 1 saturated heterocycles. The quantitative estimate of drug-likeness (QED) is 0.789. The van der Waals surface area contributed by atoms with Gasteiger partial charge in [-0.2, -0.15) is 5.26 Å². The molecule has 1 fully saturated rings. The first kappa shape index (κ1) is 13.2. The molecule has 1 aliphatic rings. The molecule has 1 heterocycles. The summed E-state index contributed by atoms with van der Waals surface area (Å²) in [7, 11) is 0. The highest BCUT2D eigenvalue weighted by Crippen LogP contribution is 2.15. The number of nitrogens with one attached hydrogen (secondary N) is 1. The smallest absolute Gasteiger partial charge is 0.243 e. The van der Waals surface area contributed by atoms with E-state index in [0.29, 0.717) is 5.56 Å². The number of piperazine rings is 1. The third-order valence-corrected chi connectivity index (χ3v) is 3.09.